The molecule has 152 valence electrons. The molecule has 0 radical (unpaired) electrons. The molecule has 2 heterocycles. The number of furan rings is 1. The second-order valence-corrected chi connectivity index (χ2v) is 8.83. The highest BCUT2D eigenvalue weighted by Crippen LogP contribution is 2.35. The third kappa shape index (κ3) is 3.89. The minimum absolute atomic E-state index is 0.119. The van der Waals surface area contributed by atoms with E-state index in [0.29, 0.717) is 33.8 Å². The van der Waals surface area contributed by atoms with Crippen LogP contribution < -0.4 is 5.73 Å². The lowest BCUT2D eigenvalue weighted by molar-refractivity contribution is 0.101. The minimum atomic E-state index is -0.342. The molecule has 1 fully saturated rings. The average molecular weight is 431 g/mol. The number of hydrogen-bond acceptors (Lipinski definition) is 4. The number of piperidine rings is 1. The molecular formula is C23H24Cl2N2O2. The number of likely N-dealkylation sites (tertiary alicyclic amines) is 1. The van der Waals surface area contributed by atoms with Gasteiger partial charge in [-0.25, -0.2) is 0 Å². The van der Waals surface area contributed by atoms with Crippen LogP contribution in [0.25, 0.3) is 11.0 Å². The van der Waals surface area contributed by atoms with Crippen molar-refractivity contribution in [2.45, 2.75) is 38.6 Å². The maximum Gasteiger partial charge on any atom is 0.231 e. The Kier molecular flexibility index (Phi) is 5.60. The van der Waals surface area contributed by atoms with E-state index in [1.807, 2.05) is 12.1 Å². The Morgan fingerprint density at radius 3 is 2.72 bits per heavy atom. The van der Waals surface area contributed by atoms with Crippen LogP contribution in [0.4, 0.5) is 5.69 Å². The summed E-state index contributed by atoms with van der Waals surface area (Å²) in [6.45, 7) is 6.65. The van der Waals surface area contributed by atoms with Crippen molar-refractivity contribution in [3.8, 4) is 0 Å². The predicted molar refractivity (Wildman–Crippen MR) is 119 cm³/mol. The lowest BCUT2D eigenvalue weighted by atomic mass is 9.89. The van der Waals surface area contributed by atoms with Crippen LogP contribution in [0.15, 0.2) is 40.8 Å². The summed E-state index contributed by atoms with van der Waals surface area (Å²) in [5.41, 5.74) is 8.78. The van der Waals surface area contributed by atoms with Gasteiger partial charge in [0.25, 0.3) is 0 Å². The zero-order valence-electron chi connectivity index (χ0n) is 16.5. The monoisotopic (exact) mass is 430 g/mol. The van der Waals surface area contributed by atoms with Crippen LogP contribution in [-0.4, -0.2) is 29.8 Å². The number of anilines is 1. The molecule has 0 aliphatic carbocycles. The van der Waals surface area contributed by atoms with Gasteiger partial charge in [-0.3, -0.25) is 4.79 Å². The maximum atomic E-state index is 13.0. The first-order chi connectivity index (χ1) is 13.8. The Hall–Kier alpha value is -2.01. The van der Waals surface area contributed by atoms with Crippen molar-refractivity contribution in [2.24, 2.45) is 0 Å². The predicted octanol–water partition coefficient (Wildman–Crippen LogP) is 6.14. The molecule has 0 amide bonds. The first-order valence-electron chi connectivity index (χ1n) is 9.91. The van der Waals surface area contributed by atoms with E-state index in [4.69, 9.17) is 33.4 Å². The van der Waals surface area contributed by atoms with Crippen molar-refractivity contribution in [2.75, 3.05) is 18.8 Å². The molecule has 3 aromatic rings. The van der Waals surface area contributed by atoms with E-state index in [1.165, 1.54) is 18.1 Å². The summed E-state index contributed by atoms with van der Waals surface area (Å²) in [7, 11) is 0. The van der Waals surface area contributed by atoms with Crippen LogP contribution in [0.1, 0.15) is 54.3 Å². The van der Waals surface area contributed by atoms with Crippen molar-refractivity contribution >= 4 is 45.6 Å². The van der Waals surface area contributed by atoms with E-state index in [2.05, 4.69) is 24.8 Å². The number of ketones is 1. The molecule has 4 nitrogen and oxygen atoms in total. The number of carbonyl (C=O) groups excluding carboxylic acids is 1. The molecule has 1 unspecified atom stereocenters. The highest BCUT2D eigenvalue weighted by Gasteiger charge is 2.25. The highest BCUT2D eigenvalue weighted by atomic mass is 35.5. The number of benzene rings is 2. The number of nitrogens with zero attached hydrogens (tertiary/aromatic N) is 1. The lowest BCUT2D eigenvalue weighted by Gasteiger charge is -2.35. The number of rotatable bonds is 4. The van der Waals surface area contributed by atoms with Crippen molar-refractivity contribution in [3.05, 3.63) is 63.3 Å². The molecular weight excluding hydrogens is 407 g/mol. The number of nitrogen functional groups attached to an aromatic ring is 1. The summed E-state index contributed by atoms with van der Waals surface area (Å²) in [6, 6.07) is 11.4. The average Bonchev–Trinajstić information content (AvgIpc) is 3.03. The van der Waals surface area contributed by atoms with Crippen LogP contribution >= 0.6 is 23.2 Å². The van der Waals surface area contributed by atoms with Gasteiger partial charge in [0.05, 0.1) is 10.7 Å². The van der Waals surface area contributed by atoms with Gasteiger partial charge < -0.3 is 15.1 Å². The number of fused-ring (bicyclic) bond motifs is 1. The van der Waals surface area contributed by atoms with Crippen molar-refractivity contribution in [1.82, 2.24) is 4.90 Å². The van der Waals surface area contributed by atoms with Gasteiger partial charge in [0.15, 0.2) is 5.76 Å². The molecule has 1 aliphatic rings. The van der Waals surface area contributed by atoms with Crippen molar-refractivity contribution < 1.29 is 9.21 Å². The standard InChI is InChI=1S/C23H24Cl2N2O2/c1-13(2)27-9-3-4-15(12-27)14-5-7-18-20(10-14)29-23(21(18)26)22(28)17-8-6-16(24)11-19(17)25/h5-8,10-11,13,15H,3-4,9,12,26H2,1-2H3. The second-order valence-electron chi connectivity index (χ2n) is 7.98. The van der Waals surface area contributed by atoms with Crippen LogP contribution in [0, 0.1) is 0 Å². The summed E-state index contributed by atoms with van der Waals surface area (Å²) >= 11 is 12.1. The van der Waals surface area contributed by atoms with Gasteiger partial charge in [0.2, 0.25) is 5.78 Å². The summed E-state index contributed by atoms with van der Waals surface area (Å²) in [6.07, 6.45) is 2.33. The number of hydrogen-bond donors (Lipinski definition) is 1. The second kappa shape index (κ2) is 8.02. The van der Waals surface area contributed by atoms with Crippen molar-refractivity contribution in [1.29, 1.82) is 0 Å². The first-order valence-corrected chi connectivity index (χ1v) is 10.7. The maximum absolute atomic E-state index is 13.0. The summed E-state index contributed by atoms with van der Waals surface area (Å²) in [5.74, 6) is 0.228. The first kappa shape index (κ1) is 20.3. The Bertz CT molecular complexity index is 1070. The van der Waals surface area contributed by atoms with Crippen LogP contribution in [0.2, 0.25) is 10.0 Å². The topological polar surface area (TPSA) is 59.5 Å². The zero-order valence-corrected chi connectivity index (χ0v) is 18.1. The van der Waals surface area contributed by atoms with E-state index in [-0.39, 0.29) is 16.6 Å². The quantitative estimate of drug-likeness (QED) is 0.504. The lowest BCUT2D eigenvalue weighted by Crippen LogP contribution is -2.39. The molecule has 2 N–H and O–H groups in total. The van der Waals surface area contributed by atoms with Gasteiger partial charge >= 0.3 is 0 Å². The van der Waals surface area contributed by atoms with Gasteiger partial charge in [-0.05, 0) is 75.0 Å². The van der Waals surface area contributed by atoms with E-state index in [1.54, 1.807) is 12.1 Å². The fourth-order valence-corrected chi connectivity index (χ4v) is 4.59. The SMILES string of the molecule is CC(C)N1CCCC(c2ccc3c(N)c(C(=O)c4ccc(Cl)cc4Cl)oc3c2)C1. The third-order valence-electron chi connectivity index (χ3n) is 5.79. The van der Waals surface area contributed by atoms with Gasteiger partial charge in [0.1, 0.15) is 5.58 Å². The van der Waals surface area contributed by atoms with Crippen LogP contribution in [0.3, 0.4) is 0 Å². The van der Waals surface area contributed by atoms with Crippen LogP contribution in [-0.2, 0) is 0 Å². The molecule has 4 rings (SSSR count). The molecule has 1 saturated heterocycles. The van der Waals surface area contributed by atoms with Gasteiger partial charge in [0, 0.05) is 28.6 Å². The Labute approximate surface area is 180 Å². The highest BCUT2D eigenvalue weighted by molar-refractivity contribution is 6.37. The molecule has 0 bridgehead atoms. The fraction of sp³-hybridized carbons (Fsp3) is 0.348. The summed E-state index contributed by atoms with van der Waals surface area (Å²) in [5, 5.41) is 1.49. The molecule has 29 heavy (non-hydrogen) atoms. The van der Waals surface area contributed by atoms with Gasteiger partial charge in [-0.15, -0.1) is 0 Å². The van der Waals surface area contributed by atoms with Crippen molar-refractivity contribution in [3.63, 3.8) is 0 Å². The molecule has 2 aromatic carbocycles. The molecule has 6 heteroatoms. The largest absolute Gasteiger partial charge is 0.450 e. The summed E-state index contributed by atoms with van der Waals surface area (Å²) < 4.78 is 5.93. The molecule has 1 atom stereocenters. The fourth-order valence-electron chi connectivity index (χ4n) is 4.10. The normalized spacial score (nSPS) is 17.9. The number of nitrogens with two attached hydrogens (primary N) is 1. The zero-order chi connectivity index (χ0) is 20.7. The molecule has 1 aliphatic heterocycles. The van der Waals surface area contributed by atoms with Crippen LogP contribution in [0.5, 0.6) is 0 Å². The van der Waals surface area contributed by atoms with E-state index in [0.717, 1.165) is 24.9 Å². The Morgan fingerprint density at radius 2 is 2.00 bits per heavy atom. The van der Waals surface area contributed by atoms with E-state index >= 15 is 0 Å². The minimum Gasteiger partial charge on any atom is -0.450 e. The molecule has 1 aromatic heterocycles. The van der Waals surface area contributed by atoms with Gasteiger partial charge in [-0.1, -0.05) is 29.3 Å². The Morgan fingerprint density at radius 1 is 1.21 bits per heavy atom. The van der Waals surface area contributed by atoms with E-state index < -0.39 is 0 Å². The number of carbonyl (C=O) groups is 1. The smallest absolute Gasteiger partial charge is 0.231 e. The van der Waals surface area contributed by atoms with E-state index in [9.17, 15) is 4.79 Å². The molecule has 0 saturated carbocycles. The Balaban J connectivity index is 1.68. The van der Waals surface area contributed by atoms with Gasteiger partial charge in [-0.2, -0.15) is 0 Å². The number of halogens is 2. The molecule has 0 spiro atoms. The third-order valence-corrected chi connectivity index (χ3v) is 6.34. The summed E-state index contributed by atoms with van der Waals surface area (Å²) in [4.78, 5) is 15.5.